The van der Waals surface area contributed by atoms with E-state index >= 15 is 0 Å². The Kier molecular flexibility index (Phi) is 8.85. The third-order valence-corrected chi connectivity index (χ3v) is 7.69. The molecule has 2 unspecified atom stereocenters. The summed E-state index contributed by atoms with van der Waals surface area (Å²) in [5, 5.41) is 19.9. The first-order valence-electron chi connectivity index (χ1n) is 13.7. The van der Waals surface area contributed by atoms with E-state index in [0.717, 1.165) is 27.8 Å². The molecule has 4 aromatic rings. The highest BCUT2D eigenvalue weighted by Gasteiger charge is 2.50. The number of hydrogen-bond donors (Lipinski definition) is 1. The number of aromatic nitrogens is 1. The van der Waals surface area contributed by atoms with Crippen molar-refractivity contribution in [3.05, 3.63) is 125 Å². The molecule has 2 atom stereocenters. The molecule has 1 aliphatic heterocycles. The van der Waals surface area contributed by atoms with Crippen molar-refractivity contribution in [2.45, 2.75) is 51.4 Å². The van der Waals surface area contributed by atoms with Gasteiger partial charge in [-0.25, -0.2) is 4.79 Å². The molecule has 3 aromatic carbocycles. The highest BCUT2D eigenvalue weighted by Crippen LogP contribution is 2.35. The van der Waals surface area contributed by atoms with Gasteiger partial charge in [-0.05, 0) is 52.8 Å². The molecule has 0 amide bonds. The maximum atomic E-state index is 13.0. The van der Waals surface area contributed by atoms with Gasteiger partial charge in [0.05, 0.1) is 24.9 Å². The van der Waals surface area contributed by atoms with Crippen molar-refractivity contribution in [1.29, 1.82) is 5.26 Å². The molecule has 1 aliphatic rings. The molecule has 7 heteroatoms. The van der Waals surface area contributed by atoms with Gasteiger partial charge in [0.25, 0.3) is 0 Å². The van der Waals surface area contributed by atoms with Gasteiger partial charge < -0.3 is 14.6 Å². The molecule has 0 spiro atoms. The molecule has 2 heterocycles. The van der Waals surface area contributed by atoms with Crippen LogP contribution in [-0.4, -0.2) is 39.3 Å². The molecule has 0 bridgehead atoms. The summed E-state index contributed by atoms with van der Waals surface area (Å²) in [7, 11) is 0. The minimum Gasteiger partial charge on any atom is -0.478 e. The van der Waals surface area contributed by atoms with Gasteiger partial charge in [0.15, 0.2) is 0 Å². The Hall–Kier alpha value is -4.35. The minimum absolute atomic E-state index is 0.00502. The van der Waals surface area contributed by atoms with Gasteiger partial charge in [-0.2, -0.15) is 5.26 Å². The van der Waals surface area contributed by atoms with Crippen LogP contribution in [0.2, 0.25) is 0 Å². The summed E-state index contributed by atoms with van der Waals surface area (Å²) >= 11 is 0. The van der Waals surface area contributed by atoms with Crippen LogP contribution in [0.1, 0.15) is 40.7 Å². The number of aliphatic carboxylic acids is 1. The Morgan fingerprint density at radius 2 is 1.78 bits per heavy atom. The standard InChI is InChI=1S/C34H33N3O4/c1-25-30(13-8-14-32(25)29-11-6-3-7-12-29)24-40-31-15-16-37(22-26-9-4-2-5-10-26)34(18-31,33(38)39)41-23-28-17-27(19-35)20-36-21-28/h2-14,17,20-21,31H,15-16,18,22-24H2,1H3,(H,38,39). The number of likely N-dealkylation sites (tertiary alicyclic amines) is 1. The molecular formula is C34H33N3O4. The highest BCUT2D eigenvalue weighted by molar-refractivity contribution is 5.77. The van der Waals surface area contributed by atoms with Crippen molar-refractivity contribution in [3.8, 4) is 17.2 Å². The summed E-state index contributed by atoms with van der Waals surface area (Å²) in [6.45, 7) is 3.39. The lowest BCUT2D eigenvalue weighted by atomic mass is 9.93. The summed E-state index contributed by atoms with van der Waals surface area (Å²) in [5.74, 6) is -1.06. The molecule has 1 N–H and O–H groups in total. The van der Waals surface area contributed by atoms with Crippen molar-refractivity contribution >= 4 is 5.97 Å². The Labute approximate surface area is 240 Å². The minimum atomic E-state index is -1.61. The van der Waals surface area contributed by atoms with Crippen LogP contribution >= 0.6 is 0 Å². The van der Waals surface area contributed by atoms with Crippen LogP contribution in [0.5, 0.6) is 0 Å². The van der Waals surface area contributed by atoms with Crippen LogP contribution in [-0.2, 0) is 34.0 Å². The zero-order chi connectivity index (χ0) is 28.7. The van der Waals surface area contributed by atoms with Crippen molar-refractivity contribution < 1.29 is 19.4 Å². The van der Waals surface area contributed by atoms with Gasteiger partial charge >= 0.3 is 5.97 Å². The number of benzene rings is 3. The predicted molar refractivity (Wildman–Crippen MR) is 155 cm³/mol. The van der Waals surface area contributed by atoms with Crippen LogP contribution < -0.4 is 0 Å². The monoisotopic (exact) mass is 547 g/mol. The smallest absolute Gasteiger partial charge is 0.351 e. The fraction of sp³-hybridized carbons (Fsp3) is 0.265. The first-order chi connectivity index (χ1) is 20.0. The molecule has 0 saturated carbocycles. The molecule has 7 nitrogen and oxygen atoms in total. The molecule has 5 rings (SSSR count). The molecule has 0 radical (unpaired) electrons. The third kappa shape index (κ3) is 6.53. The van der Waals surface area contributed by atoms with Crippen LogP contribution in [0.3, 0.4) is 0 Å². The van der Waals surface area contributed by atoms with Gasteiger partial charge in [-0.1, -0.05) is 78.9 Å². The lowest BCUT2D eigenvalue weighted by molar-refractivity contribution is -0.227. The van der Waals surface area contributed by atoms with Gasteiger partial charge in [0.2, 0.25) is 5.72 Å². The Morgan fingerprint density at radius 3 is 2.51 bits per heavy atom. The van der Waals surface area contributed by atoms with Gasteiger partial charge in [-0.3, -0.25) is 9.88 Å². The second-order valence-electron chi connectivity index (χ2n) is 10.4. The van der Waals surface area contributed by atoms with E-state index < -0.39 is 11.7 Å². The van der Waals surface area contributed by atoms with Gasteiger partial charge in [0, 0.05) is 31.9 Å². The number of carboxylic acids is 1. The van der Waals surface area contributed by atoms with E-state index in [1.54, 1.807) is 12.3 Å². The van der Waals surface area contributed by atoms with Crippen LogP contribution in [0, 0.1) is 18.3 Å². The third-order valence-electron chi connectivity index (χ3n) is 7.69. The second kappa shape index (κ2) is 12.9. The van der Waals surface area contributed by atoms with E-state index in [1.807, 2.05) is 59.5 Å². The SMILES string of the molecule is Cc1c(COC2CCN(Cc3ccccc3)C(OCc3cncc(C#N)c3)(C(=O)O)C2)cccc1-c1ccccc1. The van der Waals surface area contributed by atoms with Crippen molar-refractivity contribution in [1.82, 2.24) is 9.88 Å². The van der Waals surface area contributed by atoms with E-state index in [1.165, 1.54) is 6.20 Å². The summed E-state index contributed by atoms with van der Waals surface area (Å²) < 4.78 is 12.7. The summed E-state index contributed by atoms with van der Waals surface area (Å²) in [4.78, 5) is 19.0. The molecule has 1 saturated heterocycles. The lowest BCUT2D eigenvalue weighted by Crippen LogP contribution is -2.61. The van der Waals surface area contributed by atoms with Crippen molar-refractivity contribution in [3.63, 3.8) is 0 Å². The number of ether oxygens (including phenoxy) is 2. The zero-order valence-electron chi connectivity index (χ0n) is 23.1. The largest absolute Gasteiger partial charge is 0.478 e. The zero-order valence-corrected chi connectivity index (χ0v) is 23.1. The van der Waals surface area contributed by atoms with E-state index in [-0.39, 0.29) is 19.1 Å². The fourth-order valence-corrected chi connectivity index (χ4v) is 5.42. The molecule has 0 aliphatic carbocycles. The summed E-state index contributed by atoms with van der Waals surface area (Å²) in [5.41, 5.74) is 4.95. The van der Waals surface area contributed by atoms with E-state index in [9.17, 15) is 15.2 Å². The van der Waals surface area contributed by atoms with Crippen LogP contribution in [0.25, 0.3) is 11.1 Å². The average Bonchev–Trinajstić information content (AvgIpc) is 3.01. The molecule has 1 aromatic heterocycles. The van der Waals surface area contributed by atoms with Gasteiger partial charge in [-0.15, -0.1) is 0 Å². The molecule has 1 fully saturated rings. The van der Waals surface area contributed by atoms with E-state index in [2.05, 4.69) is 42.2 Å². The molecule has 208 valence electrons. The Bertz CT molecular complexity index is 1520. The second-order valence-corrected chi connectivity index (χ2v) is 10.4. The predicted octanol–water partition coefficient (Wildman–Crippen LogP) is 6.11. The van der Waals surface area contributed by atoms with E-state index in [0.29, 0.717) is 37.2 Å². The number of hydrogen-bond acceptors (Lipinski definition) is 6. The Balaban J connectivity index is 1.37. The quantitative estimate of drug-likeness (QED) is 0.256. The number of pyridine rings is 1. The average molecular weight is 548 g/mol. The summed E-state index contributed by atoms with van der Waals surface area (Å²) in [6, 6.07) is 30.0. The first-order valence-corrected chi connectivity index (χ1v) is 13.7. The van der Waals surface area contributed by atoms with Crippen molar-refractivity contribution in [2.24, 2.45) is 0 Å². The van der Waals surface area contributed by atoms with Crippen LogP contribution in [0.4, 0.5) is 0 Å². The van der Waals surface area contributed by atoms with Crippen molar-refractivity contribution in [2.75, 3.05) is 6.54 Å². The molecular weight excluding hydrogens is 514 g/mol. The molecule has 41 heavy (non-hydrogen) atoms. The van der Waals surface area contributed by atoms with Gasteiger partial charge in [0.1, 0.15) is 6.07 Å². The number of nitriles is 1. The van der Waals surface area contributed by atoms with E-state index in [4.69, 9.17) is 9.47 Å². The number of carboxylic acid groups (broad SMARTS) is 1. The summed E-state index contributed by atoms with van der Waals surface area (Å²) in [6.07, 6.45) is 3.59. The topological polar surface area (TPSA) is 95.7 Å². The fourth-order valence-electron chi connectivity index (χ4n) is 5.42. The maximum Gasteiger partial charge on any atom is 0.351 e. The van der Waals surface area contributed by atoms with Crippen LogP contribution in [0.15, 0.2) is 97.3 Å². The highest BCUT2D eigenvalue weighted by atomic mass is 16.5. The Morgan fingerprint density at radius 1 is 1.02 bits per heavy atom. The lowest BCUT2D eigenvalue weighted by Gasteiger charge is -2.46. The first kappa shape index (κ1) is 28.2. The number of nitrogens with zero attached hydrogens (tertiary/aromatic N) is 3. The maximum absolute atomic E-state index is 13.0. The number of carbonyl (C=O) groups is 1. The number of piperidine rings is 1. The normalized spacial score (nSPS) is 19.0. The number of rotatable bonds is 10.